The highest BCUT2D eigenvalue weighted by molar-refractivity contribution is 6.74. The van der Waals surface area contributed by atoms with Crippen LogP contribution >= 0.6 is 0 Å². The van der Waals surface area contributed by atoms with Crippen LogP contribution < -0.4 is 0 Å². The van der Waals surface area contributed by atoms with Crippen LogP contribution in [-0.4, -0.2) is 48.4 Å². The van der Waals surface area contributed by atoms with Gasteiger partial charge in [-0.15, -0.1) is 0 Å². The fourth-order valence-electron chi connectivity index (χ4n) is 3.87. The lowest BCUT2D eigenvalue weighted by molar-refractivity contribution is 0.0675. The monoisotopic (exact) mass is 457 g/mol. The van der Waals surface area contributed by atoms with Crippen molar-refractivity contribution in [3.05, 3.63) is 53.9 Å². The molecule has 5 nitrogen and oxygen atoms in total. The van der Waals surface area contributed by atoms with Crippen molar-refractivity contribution >= 4 is 25.3 Å². The summed E-state index contributed by atoms with van der Waals surface area (Å²) >= 11 is 0. The van der Waals surface area contributed by atoms with E-state index in [0.29, 0.717) is 48.6 Å². The van der Waals surface area contributed by atoms with Crippen LogP contribution in [0.4, 0.5) is 8.78 Å². The van der Waals surface area contributed by atoms with Crippen LogP contribution in [0.15, 0.2) is 36.5 Å². The predicted molar refractivity (Wildman–Crippen MR) is 124 cm³/mol. The first kappa shape index (κ1) is 22.6. The van der Waals surface area contributed by atoms with Gasteiger partial charge in [-0.2, -0.15) is 0 Å². The summed E-state index contributed by atoms with van der Waals surface area (Å²) in [6.07, 6.45) is 1.65. The molecule has 0 aliphatic carbocycles. The number of carbonyl (C=O) groups excluding carboxylic acids is 1. The molecule has 0 saturated heterocycles. The molecule has 2 aromatic heterocycles. The molecule has 1 aromatic carbocycles. The molecule has 32 heavy (non-hydrogen) atoms. The SMILES string of the molecule is CC(C)(C)[Si](C)(C)OCCN1CCn2c(c(-c3ccc(F)c(F)c3)c3ncccc32)C1=O. The highest BCUT2D eigenvalue weighted by Crippen LogP contribution is 2.38. The minimum atomic E-state index is -1.92. The van der Waals surface area contributed by atoms with Crippen molar-refractivity contribution in [1.29, 1.82) is 0 Å². The van der Waals surface area contributed by atoms with Gasteiger partial charge in [0.05, 0.1) is 17.6 Å². The van der Waals surface area contributed by atoms with Crippen LogP contribution in [-0.2, 0) is 11.0 Å². The number of fused-ring (bicyclic) bond motifs is 3. The van der Waals surface area contributed by atoms with E-state index in [1.165, 1.54) is 6.07 Å². The molecule has 0 unspecified atom stereocenters. The van der Waals surface area contributed by atoms with E-state index >= 15 is 0 Å². The average molecular weight is 458 g/mol. The molecule has 0 radical (unpaired) electrons. The molecule has 1 amide bonds. The van der Waals surface area contributed by atoms with E-state index in [0.717, 1.165) is 17.6 Å². The summed E-state index contributed by atoms with van der Waals surface area (Å²) in [6, 6.07) is 7.43. The van der Waals surface area contributed by atoms with E-state index in [1.807, 2.05) is 16.7 Å². The lowest BCUT2D eigenvalue weighted by atomic mass is 10.0. The third-order valence-corrected chi connectivity index (χ3v) is 11.3. The Labute approximate surface area is 188 Å². The maximum atomic E-state index is 14.0. The maximum Gasteiger partial charge on any atom is 0.271 e. The normalized spacial score (nSPS) is 14.8. The standard InChI is InChI=1S/C24H29F2N3O2Si/c1-24(2,3)32(4,5)31-14-13-28-11-12-29-19-7-6-10-27-21(19)20(22(29)23(28)30)16-8-9-17(25)18(26)15-16/h6-10,15H,11-14H2,1-5H3. The van der Waals surface area contributed by atoms with E-state index in [4.69, 9.17) is 4.43 Å². The molecule has 3 aromatic rings. The molecule has 170 valence electrons. The van der Waals surface area contributed by atoms with E-state index in [2.05, 4.69) is 38.8 Å². The van der Waals surface area contributed by atoms with Gasteiger partial charge in [0.15, 0.2) is 20.0 Å². The second-order valence-corrected chi connectivity index (χ2v) is 14.6. The Morgan fingerprint density at radius 2 is 1.88 bits per heavy atom. The number of hydrogen-bond donors (Lipinski definition) is 0. The van der Waals surface area contributed by atoms with Crippen LogP contribution in [0.25, 0.3) is 22.2 Å². The smallest absolute Gasteiger partial charge is 0.271 e. The molecule has 3 heterocycles. The first-order valence-corrected chi connectivity index (χ1v) is 13.8. The van der Waals surface area contributed by atoms with Gasteiger partial charge in [-0.05, 0) is 48.0 Å². The number of halogens is 2. The molecule has 1 aliphatic heterocycles. The van der Waals surface area contributed by atoms with Crippen LogP contribution in [0.1, 0.15) is 31.3 Å². The number of carbonyl (C=O) groups is 1. The summed E-state index contributed by atoms with van der Waals surface area (Å²) in [4.78, 5) is 19.8. The Kier molecular flexibility index (Phi) is 5.71. The number of nitrogens with zero attached hydrogens (tertiary/aromatic N) is 3. The number of amides is 1. The predicted octanol–water partition coefficient (Wildman–Crippen LogP) is 5.46. The molecule has 8 heteroatoms. The van der Waals surface area contributed by atoms with Crippen molar-refractivity contribution in [2.24, 2.45) is 0 Å². The Morgan fingerprint density at radius 3 is 2.56 bits per heavy atom. The van der Waals surface area contributed by atoms with E-state index < -0.39 is 20.0 Å². The summed E-state index contributed by atoms with van der Waals surface area (Å²) in [5, 5.41) is 0.0941. The second-order valence-electron chi connectivity index (χ2n) is 9.78. The largest absolute Gasteiger partial charge is 0.415 e. The van der Waals surface area contributed by atoms with Crippen LogP contribution in [0, 0.1) is 11.6 Å². The number of aromatic nitrogens is 2. The third-order valence-electron chi connectivity index (χ3n) is 6.74. The quantitative estimate of drug-likeness (QED) is 0.478. The van der Waals surface area contributed by atoms with Crippen molar-refractivity contribution in [2.75, 3.05) is 19.7 Å². The number of rotatable bonds is 5. The van der Waals surface area contributed by atoms with Crippen LogP contribution in [0.2, 0.25) is 18.1 Å². The number of hydrogen-bond acceptors (Lipinski definition) is 3. The van der Waals surface area contributed by atoms with E-state index in [9.17, 15) is 13.6 Å². The van der Waals surface area contributed by atoms with Gasteiger partial charge in [0.1, 0.15) is 5.69 Å². The maximum absolute atomic E-state index is 14.0. The van der Waals surface area contributed by atoms with Gasteiger partial charge in [-0.3, -0.25) is 9.78 Å². The zero-order chi connectivity index (χ0) is 23.3. The van der Waals surface area contributed by atoms with E-state index in [-0.39, 0.29) is 10.9 Å². The van der Waals surface area contributed by atoms with Crippen LogP contribution in [0.5, 0.6) is 0 Å². The van der Waals surface area contributed by atoms with Crippen molar-refractivity contribution in [3.8, 4) is 11.1 Å². The van der Waals surface area contributed by atoms with E-state index in [1.54, 1.807) is 11.1 Å². The third kappa shape index (κ3) is 3.86. The summed E-state index contributed by atoms with van der Waals surface area (Å²) in [5.41, 5.74) is 2.87. The first-order chi connectivity index (χ1) is 15.0. The lowest BCUT2D eigenvalue weighted by Gasteiger charge is -2.37. The Hall–Kier alpha value is -2.58. The molecule has 1 aliphatic rings. The summed E-state index contributed by atoms with van der Waals surface area (Å²) in [7, 11) is -1.92. The number of pyridine rings is 1. The molecule has 0 N–H and O–H groups in total. The summed E-state index contributed by atoms with van der Waals surface area (Å²) in [5.74, 6) is -2.02. The molecule has 0 saturated carbocycles. The van der Waals surface area contributed by atoms with Crippen molar-refractivity contribution in [3.63, 3.8) is 0 Å². The van der Waals surface area contributed by atoms with Gasteiger partial charge >= 0.3 is 0 Å². The van der Waals surface area contributed by atoms with Gasteiger partial charge in [0, 0.05) is 31.4 Å². The Morgan fingerprint density at radius 1 is 1.12 bits per heavy atom. The highest BCUT2D eigenvalue weighted by Gasteiger charge is 2.38. The molecule has 0 fully saturated rings. The van der Waals surface area contributed by atoms with Gasteiger partial charge in [0.2, 0.25) is 0 Å². The minimum absolute atomic E-state index is 0.0941. The Balaban J connectivity index is 1.69. The summed E-state index contributed by atoms with van der Waals surface area (Å²) in [6.45, 7) is 13.1. The molecule has 0 atom stereocenters. The zero-order valence-electron chi connectivity index (χ0n) is 19.2. The minimum Gasteiger partial charge on any atom is -0.415 e. The van der Waals surface area contributed by atoms with Gasteiger partial charge in [0.25, 0.3) is 5.91 Å². The average Bonchev–Trinajstić information content (AvgIpc) is 3.06. The molecule has 4 rings (SSSR count). The van der Waals surface area contributed by atoms with Crippen molar-refractivity contribution < 1.29 is 18.0 Å². The second kappa shape index (κ2) is 8.08. The zero-order valence-corrected chi connectivity index (χ0v) is 20.2. The lowest BCUT2D eigenvalue weighted by Crippen LogP contribution is -2.45. The first-order valence-electron chi connectivity index (χ1n) is 10.9. The fraction of sp³-hybridized carbons (Fsp3) is 0.417. The molecule has 0 spiro atoms. The van der Waals surface area contributed by atoms with Gasteiger partial charge in [-0.25, -0.2) is 8.78 Å². The molecule has 0 bridgehead atoms. The number of benzene rings is 1. The topological polar surface area (TPSA) is 47.4 Å². The molecular weight excluding hydrogens is 428 g/mol. The van der Waals surface area contributed by atoms with Crippen molar-refractivity contribution in [1.82, 2.24) is 14.5 Å². The highest BCUT2D eigenvalue weighted by atomic mass is 28.4. The van der Waals surface area contributed by atoms with Gasteiger partial charge < -0.3 is 13.9 Å². The van der Waals surface area contributed by atoms with Gasteiger partial charge in [-0.1, -0.05) is 26.8 Å². The van der Waals surface area contributed by atoms with Crippen LogP contribution in [0.3, 0.4) is 0 Å². The Bertz CT molecular complexity index is 1180. The van der Waals surface area contributed by atoms with Crippen molar-refractivity contribution in [2.45, 2.75) is 45.4 Å². The summed E-state index contributed by atoms with van der Waals surface area (Å²) < 4.78 is 35.8. The molecular formula is C24H29F2N3O2Si. The fourth-order valence-corrected chi connectivity index (χ4v) is 4.90.